The number of benzene rings is 1. The summed E-state index contributed by atoms with van der Waals surface area (Å²) in [4.78, 5) is 28.2. The predicted molar refractivity (Wildman–Crippen MR) is 86.7 cm³/mol. The number of ether oxygens (including phenoxy) is 2. The maximum Gasteiger partial charge on any atom is 0.409 e. The first-order chi connectivity index (χ1) is 11.6. The summed E-state index contributed by atoms with van der Waals surface area (Å²) in [7, 11) is 2.97. The highest BCUT2D eigenvalue weighted by molar-refractivity contribution is 5.67. The number of nitrogens with one attached hydrogen (secondary N) is 1. The monoisotopic (exact) mass is 332 g/mol. The van der Waals surface area contributed by atoms with Gasteiger partial charge in [0.15, 0.2) is 0 Å². The van der Waals surface area contributed by atoms with Crippen molar-refractivity contribution in [3.63, 3.8) is 0 Å². The van der Waals surface area contributed by atoms with Gasteiger partial charge in [0.2, 0.25) is 0 Å². The SMILES string of the molecule is COC(=O)N1CCC(c2nn(-c3ccc(OC)cc3)c(=O)[nH]2)CC1. The molecule has 0 saturated carbocycles. The second-order valence-corrected chi connectivity index (χ2v) is 5.66. The molecule has 1 aromatic heterocycles. The molecule has 8 heteroatoms. The van der Waals surface area contributed by atoms with Crippen LogP contribution in [-0.4, -0.2) is 53.1 Å². The molecule has 0 spiro atoms. The summed E-state index contributed by atoms with van der Waals surface area (Å²) in [6, 6.07) is 7.13. The van der Waals surface area contributed by atoms with Gasteiger partial charge in [0.25, 0.3) is 0 Å². The molecular weight excluding hydrogens is 312 g/mol. The summed E-state index contributed by atoms with van der Waals surface area (Å²) < 4.78 is 11.2. The van der Waals surface area contributed by atoms with Crippen LogP contribution in [0.1, 0.15) is 24.6 Å². The Balaban J connectivity index is 1.75. The average molecular weight is 332 g/mol. The molecule has 1 N–H and O–H groups in total. The molecule has 24 heavy (non-hydrogen) atoms. The zero-order valence-corrected chi connectivity index (χ0v) is 13.7. The fourth-order valence-electron chi connectivity index (χ4n) is 2.89. The van der Waals surface area contributed by atoms with E-state index in [1.807, 2.05) is 0 Å². The Morgan fingerprint density at radius 2 is 1.88 bits per heavy atom. The minimum absolute atomic E-state index is 0.123. The lowest BCUT2D eigenvalue weighted by Gasteiger charge is -2.29. The summed E-state index contributed by atoms with van der Waals surface area (Å²) in [6.45, 7) is 1.18. The van der Waals surface area contributed by atoms with Crippen LogP contribution in [0.3, 0.4) is 0 Å². The van der Waals surface area contributed by atoms with Crippen molar-refractivity contribution < 1.29 is 14.3 Å². The van der Waals surface area contributed by atoms with E-state index in [1.165, 1.54) is 11.8 Å². The zero-order chi connectivity index (χ0) is 17.1. The Morgan fingerprint density at radius 3 is 2.46 bits per heavy atom. The number of likely N-dealkylation sites (tertiary alicyclic amines) is 1. The van der Waals surface area contributed by atoms with Crippen LogP contribution in [0, 0.1) is 0 Å². The molecule has 3 rings (SSSR count). The molecule has 128 valence electrons. The van der Waals surface area contributed by atoms with Crippen molar-refractivity contribution >= 4 is 6.09 Å². The second kappa shape index (κ2) is 6.77. The van der Waals surface area contributed by atoms with E-state index in [4.69, 9.17) is 9.47 Å². The van der Waals surface area contributed by atoms with E-state index in [9.17, 15) is 9.59 Å². The molecule has 1 aliphatic rings. The summed E-state index contributed by atoms with van der Waals surface area (Å²) in [5.74, 6) is 1.50. The van der Waals surface area contributed by atoms with Crippen LogP contribution in [0.4, 0.5) is 4.79 Å². The van der Waals surface area contributed by atoms with Crippen molar-refractivity contribution in [2.75, 3.05) is 27.3 Å². The number of H-pyrrole nitrogens is 1. The molecular formula is C16H20N4O4. The minimum atomic E-state index is -0.314. The van der Waals surface area contributed by atoms with Gasteiger partial charge in [0, 0.05) is 19.0 Å². The highest BCUT2D eigenvalue weighted by Gasteiger charge is 2.26. The summed E-state index contributed by atoms with van der Waals surface area (Å²) in [5, 5.41) is 4.42. The van der Waals surface area contributed by atoms with E-state index in [2.05, 4.69) is 10.1 Å². The number of hydrogen-bond donors (Lipinski definition) is 1. The van der Waals surface area contributed by atoms with Gasteiger partial charge >= 0.3 is 11.8 Å². The van der Waals surface area contributed by atoms with Gasteiger partial charge in [0.1, 0.15) is 11.6 Å². The van der Waals surface area contributed by atoms with Crippen molar-refractivity contribution in [3.8, 4) is 11.4 Å². The number of aromatic amines is 1. The number of hydrogen-bond acceptors (Lipinski definition) is 5. The van der Waals surface area contributed by atoms with E-state index in [-0.39, 0.29) is 17.7 Å². The first-order valence-corrected chi connectivity index (χ1v) is 7.79. The fourth-order valence-corrected chi connectivity index (χ4v) is 2.89. The van der Waals surface area contributed by atoms with Crippen molar-refractivity contribution in [3.05, 3.63) is 40.6 Å². The average Bonchev–Trinajstić information content (AvgIpc) is 3.03. The van der Waals surface area contributed by atoms with Crippen LogP contribution < -0.4 is 10.4 Å². The fraction of sp³-hybridized carbons (Fsp3) is 0.438. The maximum absolute atomic E-state index is 12.2. The lowest BCUT2D eigenvalue weighted by Crippen LogP contribution is -2.38. The van der Waals surface area contributed by atoms with Crippen LogP contribution in [0.5, 0.6) is 5.75 Å². The number of carbonyl (C=O) groups is 1. The Morgan fingerprint density at radius 1 is 1.21 bits per heavy atom. The molecule has 1 aliphatic heterocycles. The number of carbonyl (C=O) groups excluding carboxylic acids is 1. The quantitative estimate of drug-likeness (QED) is 0.920. The summed E-state index contributed by atoms with van der Waals surface area (Å²) >= 11 is 0. The van der Waals surface area contributed by atoms with E-state index in [0.29, 0.717) is 24.6 Å². The highest BCUT2D eigenvalue weighted by Crippen LogP contribution is 2.25. The van der Waals surface area contributed by atoms with Crippen LogP contribution in [0.25, 0.3) is 5.69 Å². The van der Waals surface area contributed by atoms with Crippen molar-refractivity contribution in [1.29, 1.82) is 0 Å². The van der Waals surface area contributed by atoms with Gasteiger partial charge in [-0.05, 0) is 37.1 Å². The van der Waals surface area contributed by atoms with E-state index < -0.39 is 0 Å². The summed E-state index contributed by atoms with van der Waals surface area (Å²) in [6.07, 6.45) is 1.17. The third-order valence-corrected chi connectivity index (χ3v) is 4.27. The number of piperidine rings is 1. The number of amides is 1. The Hall–Kier alpha value is -2.77. The van der Waals surface area contributed by atoms with Gasteiger partial charge < -0.3 is 14.4 Å². The normalized spacial score (nSPS) is 15.3. The molecule has 0 atom stereocenters. The maximum atomic E-state index is 12.2. The van der Waals surface area contributed by atoms with Crippen LogP contribution in [0.2, 0.25) is 0 Å². The molecule has 0 aliphatic carbocycles. The molecule has 0 bridgehead atoms. The Kier molecular flexibility index (Phi) is 4.54. The Bertz CT molecular complexity index is 757. The lowest BCUT2D eigenvalue weighted by molar-refractivity contribution is 0.111. The van der Waals surface area contributed by atoms with Crippen molar-refractivity contribution in [2.24, 2.45) is 0 Å². The van der Waals surface area contributed by atoms with Gasteiger partial charge in [0.05, 0.1) is 19.9 Å². The van der Waals surface area contributed by atoms with E-state index in [1.54, 1.807) is 36.3 Å². The predicted octanol–water partition coefficient (Wildman–Crippen LogP) is 1.52. The van der Waals surface area contributed by atoms with Gasteiger partial charge in [-0.1, -0.05) is 0 Å². The first-order valence-electron chi connectivity index (χ1n) is 7.79. The Labute approximate surface area is 139 Å². The van der Waals surface area contributed by atoms with Gasteiger partial charge in [-0.2, -0.15) is 4.68 Å². The van der Waals surface area contributed by atoms with Crippen LogP contribution in [-0.2, 0) is 4.74 Å². The molecule has 0 radical (unpaired) electrons. The van der Waals surface area contributed by atoms with Gasteiger partial charge in [-0.25, -0.2) is 9.59 Å². The third-order valence-electron chi connectivity index (χ3n) is 4.27. The number of rotatable bonds is 3. The van der Waals surface area contributed by atoms with Gasteiger partial charge in [-0.15, -0.1) is 5.10 Å². The second-order valence-electron chi connectivity index (χ2n) is 5.66. The number of nitrogens with zero attached hydrogens (tertiary/aromatic N) is 3. The third kappa shape index (κ3) is 3.12. The number of methoxy groups -OCH3 is 2. The zero-order valence-electron chi connectivity index (χ0n) is 13.7. The molecule has 1 amide bonds. The van der Waals surface area contributed by atoms with Crippen LogP contribution in [0.15, 0.2) is 29.1 Å². The molecule has 1 fully saturated rings. The molecule has 1 aromatic carbocycles. The topological polar surface area (TPSA) is 89.4 Å². The lowest BCUT2D eigenvalue weighted by atomic mass is 9.96. The smallest absolute Gasteiger partial charge is 0.409 e. The highest BCUT2D eigenvalue weighted by atomic mass is 16.5. The molecule has 0 unspecified atom stereocenters. The van der Waals surface area contributed by atoms with Crippen molar-refractivity contribution in [2.45, 2.75) is 18.8 Å². The van der Waals surface area contributed by atoms with Crippen LogP contribution >= 0.6 is 0 Å². The molecule has 2 heterocycles. The van der Waals surface area contributed by atoms with Gasteiger partial charge in [-0.3, -0.25) is 4.98 Å². The largest absolute Gasteiger partial charge is 0.497 e. The number of aromatic nitrogens is 3. The molecule has 8 nitrogen and oxygen atoms in total. The first kappa shape index (κ1) is 16.1. The van der Waals surface area contributed by atoms with E-state index >= 15 is 0 Å². The standard InChI is InChI=1S/C16H20N4O4/c1-23-13-5-3-12(4-6-13)20-15(21)17-14(18-20)11-7-9-19(10-8-11)16(22)24-2/h3-6,11H,7-10H2,1-2H3,(H,17,18,21). The molecule has 2 aromatic rings. The summed E-state index contributed by atoms with van der Waals surface area (Å²) in [5.41, 5.74) is 0.404. The van der Waals surface area contributed by atoms with E-state index in [0.717, 1.165) is 18.6 Å². The minimum Gasteiger partial charge on any atom is -0.497 e. The van der Waals surface area contributed by atoms with Crippen molar-refractivity contribution in [1.82, 2.24) is 19.7 Å². The molecule has 1 saturated heterocycles.